The van der Waals surface area contributed by atoms with Gasteiger partial charge in [-0.05, 0) is 62.7 Å². The van der Waals surface area contributed by atoms with E-state index >= 15 is 0 Å². The Hall–Kier alpha value is -2.89. The number of amides is 2. The minimum Gasteiger partial charge on any atom is -0.372 e. The van der Waals surface area contributed by atoms with E-state index in [9.17, 15) is 14.0 Å². The minimum atomic E-state index is -0.494. The van der Waals surface area contributed by atoms with Gasteiger partial charge in [-0.25, -0.2) is 4.39 Å². The predicted octanol–water partition coefficient (Wildman–Crippen LogP) is 3.35. The molecule has 0 atom stereocenters. The summed E-state index contributed by atoms with van der Waals surface area (Å²) in [5.41, 5.74) is 2.92. The molecule has 138 valence electrons. The Bertz CT molecular complexity index is 788. The highest BCUT2D eigenvalue weighted by atomic mass is 19.1. The number of hydrogen-bond acceptors (Lipinski definition) is 3. The van der Waals surface area contributed by atoms with Crippen LogP contribution in [0.3, 0.4) is 0 Å². The van der Waals surface area contributed by atoms with Crippen LogP contribution in [0.1, 0.15) is 29.8 Å². The molecule has 0 spiro atoms. The van der Waals surface area contributed by atoms with Crippen molar-refractivity contribution in [2.75, 3.05) is 29.9 Å². The number of carbonyl (C=O) groups excluding carboxylic acids is 2. The lowest BCUT2D eigenvalue weighted by Gasteiger charge is -2.22. The smallest absolute Gasteiger partial charge is 0.251 e. The van der Waals surface area contributed by atoms with Gasteiger partial charge in [0.2, 0.25) is 5.91 Å². The molecule has 0 fully saturated rings. The van der Waals surface area contributed by atoms with Crippen molar-refractivity contribution in [2.24, 2.45) is 0 Å². The fourth-order valence-corrected chi connectivity index (χ4v) is 2.66. The molecule has 0 radical (unpaired) electrons. The van der Waals surface area contributed by atoms with Crippen LogP contribution < -0.4 is 15.5 Å². The highest BCUT2D eigenvalue weighted by Crippen LogP contribution is 2.22. The van der Waals surface area contributed by atoms with Gasteiger partial charge in [-0.3, -0.25) is 9.59 Å². The fourth-order valence-electron chi connectivity index (χ4n) is 2.66. The molecule has 6 heteroatoms. The van der Waals surface area contributed by atoms with E-state index in [0.29, 0.717) is 5.69 Å². The van der Waals surface area contributed by atoms with Gasteiger partial charge < -0.3 is 15.5 Å². The maximum Gasteiger partial charge on any atom is 0.251 e. The van der Waals surface area contributed by atoms with Crippen molar-refractivity contribution in [2.45, 2.75) is 20.8 Å². The number of halogens is 1. The summed E-state index contributed by atoms with van der Waals surface area (Å²) in [6.45, 7) is 7.74. The summed E-state index contributed by atoms with van der Waals surface area (Å²) in [4.78, 5) is 26.3. The molecule has 0 aromatic heterocycles. The van der Waals surface area contributed by atoms with Gasteiger partial charge in [-0.15, -0.1) is 0 Å². The predicted molar refractivity (Wildman–Crippen MR) is 102 cm³/mol. The lowest BCUT2D eigenvalue weighted by molar-refractivity contribution is -0.115. The Labute approximate surface area is 153 Å². The van der Waals surface area contributed by atoms with E-state index in [1.165, 1.54) is 18.2 Å². The Kier molecular flexibility index (Phi) is 6.72. The van der Waals surface area contributed by atoms with Crippen LogP contribution in [0, 0.1) is 12.7 Å². The molecular weight excluding hydrogens is 333 g/mol. The van der Waals surface area contributed by atoms with Crippen LogP contribution in [0.5, 0.6) is 0 Å². The van der Waals surface area contributed by atoms with Gasteiger partial charge in [0.25, 0.3) is 5.91 Å². The maximum atomic E-state index is 13.1. The molecule has 2 aromatic carbocycles. The van der Waals surface area contributed by atoms with Crippen LogP contribution in [0.25, 0.3) is 0 Å². The van der Waals surface area contributed by atoms with Crippen molar-refractivity contribution in [3.63, 3.8) is 0 Å². The number of rotatable bonds is 7. The Morgan fingerprint density at radius 2 is 1.81 bits per heavy atom. The highest BCUT2D eigenvalue weighted by molar-refractivity contribution is 5.99. The monoisotopic (exact) mass is 357 g/mol. The van der Waals surface area contributed by atoms with E-state index < -0.39 is 11.7 Å². The standard InChI is InChI=1S/C20H24FN3O2/c1-4-24(5-2)17-9-10-18(14(3)11-17)23-19(25)13-22-20(26)15-7-6-8-16(21)12-15/h6-12H,4-5,13H2,1-3H3,(H,22,26)(H,23,25). The Morgan fingerprint density at radius 1 is 1.08 bits per heavy atom. The summed E-state index contributed by atoms with van der Waals surface area (Å²) in [5.74, 6) is -1.33. The summed E-state index contributed by atoms with van der Waals surface area (Å²) >= 11 is 0. The average molecular weight is 357 g/mol. The molecule has 2 N–H and O–H groups in total. The van der Waals surface area contributed by atoms with Gasteiger partial charge in [-0.2, -0.15) is 0 Å². The number of anilines is 2. The zero-order valence-electron chi connectivity index (χ0n) is 15.3. The molecular formula is C20H24FN3O2. The molecule has 2 amide bonds. The number of benzene rings is 2. The number of hydrogen-bond donors (Lipinski definition) is 2. The first-order valence-corrected chi connectivity index (χ1v) is 8.63. The van der Waals surface area contributed by atoms with Gasteiger partial charge in [0, 0.05) is 30.0 Å². The zero-order valence-corrected chi connectivity index (χ0v) is 15.3. The third kappa shape index (κ3) is 5.05. The molecule has 2 aromatic rings. The van der Waals surface area contributed by atoms with E-state index in [4.69, 9.17) is 0 Å². The molecule has 2 rings (SSSR count). The van der Waals surface area contributed by atoms with E-state index in [-0.39, 0.29) is 18.0 Å². The van der Waals surface area contributed by atoms with Crippen LogP contribution in [-0.2, 0) is 4.79 Å². The fraction of sp³-hybridized carbons (Fsp3) is 0.300. The van der Waals surface area contributed by atoms with Crippen LogP contribution >= 0.6 is 0 Å². The van der Waals surface area contributed by atoms with Gasteiger partial charge >= 0.3 is 0 Å². The molecule has 5 nitrogen and oxygen atoms in total. The van der Waals surface area contributed by atoms with Gasteiger partial charge in [-0.1, -0.05) is 6.07 Å². The Balaban J connectivity index is 1.94. The van der Waals surface area contributed by atoms with Crippen LogP contribution in [0.15, 0.2) is 42.5 Å². The highest BCUT2D eigenvalue weighted by Gasteiger charge is 2.11. The summed E-state index contributed by atoms with van der Waals surface area (Å²) in [6, 6.07) is 11.2. The molecule has 0 bridgehead atoms. The molecule has 0 aliphatic rings. The molecule has 0 heterocycles. The van der Waals surface area contributed by atoms with E-state index in [2.05, 4.69) is 29.4 Å². The maximum absolute atomic E-state index is 13.1. The Morgan fingerprint density at radius 3 is 2.42 bits per heavy atom. The quantitative estimate of drug-likeness (QED) is 0.799. The largest absolute Gasteiger partial charge is 0.372 e. The zero-order chi connectivity index (χ0) is 19.1. The minimum absolute atomic E-state index is 0.178. The van der Waals surface area contributed by atoms with Crippen molar-refractivity contribution in [3.05, 3.63) is 59.4 Å². The third-order valence-corrected chi connectivity index (χ3v) is 4.11. The molecule has 0 saturated carbocycles. The van der Waals surface area contributed by atoms with Gasteiger partial charge in [0.15, 0.2) is 0 Å². The number of nitrogens with zero attached hydrogens (tertiary/aromatic N) is 1. The van der Waals surface area contributed by atoms with Crippen LogP contribution in [0.4, 0.5) is 15.8 Å². The first kappa shape index (κ1) is 19.4. The van der Waals surface area contributed by atoms with Crippen molar-refractivity contribution < 1.29 is 14.0 Å². The van der Waals surface area contributed by atoms with E-state index in [1.807, 2.05) is 25.1 Å². The van der Waals surface area contributed by atoms with Crippen molar-refractivity contribution in [3.8, 4) is 0 Å². The van der Waals surface area contributed by atoms with E-state index in [1.54, 1.807) is 0 Å². The van der Waals surface area contributed by atoms with Crippen LogP contribution in [-0.4, -0.2) is 31.4 Å². The lowest BCUT2D eigenvalue weighted by Crippen LogP contribution is -2.33. The number of carbonyl (C=O) groups is 2. The second kappa shape index (κ2) is 8.99. The molecule has 0 aliphatic heterocycles. The van der Waals surface area contributed by atoms with Gasteiger partial charge in [0.1, 0.15) is 5.82 Å². The average Bonchev–Trinajstić information content (AvgIpc) is 2.63. The van der Waals surface area contributed by atoms with Crippen molar-refractivity contribution in [1.29, 1.82) is 0 Å². The summed E-state index contributed by atoms with van der Waals surface area (Å²) < 4.78 is 13.1. The number of aryl methyl sites for hydroxylation is 1. The normalized spacial score (nSPS) is 10.3. The first-order valence-electron chi connectivity index (χ1n) is 8.63. The van der Waals surface area contributed by atoms with Crippen molar-refractivity contribution >= 4 is 23.2 Å². The second-order valence-corrected chi connectivity index (χ2v) is 5.91. The van der Waals surface area contributed by atoms with Gasteiger partial charge in [0.05, 0.1) is 6.54 Å². The first-order chi connectivity index (χ1) is 12.4. The summed E-state index contributed by atoms with van der Waals surface area (Å²) in [6.07, 6.45) is 0. The second-order valence-electron chi connectivity index (χ2n) is 5.91. The molecule has 0 saturated heterocycles. The molecule has 0 unspecified atom stereocenters. The van der Waals surface area contributed by atoms with E-state index in [0.717, 1.165) is 30.4 Å². The SMILES string of the molecule is CCN(CC)c1ccc(NC(=O)CNC(=O)c2cccc(F)c2)c(C)c1. The molecule has 0 aliphatic carbocycles. The molecule has 26 heavy (non-hydrogen) atoms. The third-order valence-electron chi connectivity index (χ3n) is 4.11. The summed E-state index contributed by atoms with van der Waals surface area (Å²) in [7, 11) is 0. The van der Waals surface area contributed by atoms with Crippen molar-refractivity contribution in [1.82, 2.24) is 5.32 Å². The van der Waals surface area contributed by atoms with Crippen LogP contribution in [0.2, 0.25) is 0 Å². The topological polar surface area (TPSA) is 61.4 Å². The lowest BCUT2D eigenvalue weighted by atomic mass is 10.1. The number of nitrogens with one attached hydrogen (secondary N) is 2. The summed E-state index contributed by atoms with van der Waals surface area (Å²) in [5, 5.41) is 5.27.